The van der Waals surface area contributed by atoms with Crippen molar-refractivity contribution in [2.45, 2.75) is 38.7 Å². The zero-order valence-electron chi connectivity index (χ0n) is 11.2. The van der Waals surface area contributed by atoms with Gasteiger partial charge in [0, 0.05) is 19.6 Å². The van der Waals surface area contributed by atoms with Crippen molar-refractivity contribution in [2.75, 3.05) is 0 Å². The molecule has 4 atom stereocenters. The number of rotatable bonds is 3. The molecule has 1 aromatic rings. The summed E-state index contributed by atoms with van der Waals surface area (Å²) in [5, 5.41) is 0. The van der Waals surface area contributed by atoms with Crippen LogP contribution in [-0.2, 0) is 13.8 Å². The molecule has 9 heteroatoms. The third-order valence-electron chi connectivity index (χ3n) is 2.89. The Morgan fingerprint density at radius 1 is 1.68 bits per heavy atom. The Morgan fingerprint density at radius 3 is 3.05 bits per heavy atom. The molecule has 106 valence electrons. The minimum absolute atomic E-state index is 0.159. The molecule has 0 aliphatic carbocycles. The lowest BCUT2D eigenvalue weighted by Crippen LogP contribution is -2.33. The Morgan fingerprint density at radius 2 is 2.42 bits per heavy atom. The number of hydrogen-bond acceptors (Lipinski definition) is 5. The fourth-order valence-electron chi connectivity index (χ4n) is 1.93. The van der Waals surface area contributed by atoms with Crippen molar-refractivity contribution in [3.8, 4) is 0 Å². The number of nitrogens with one attached hydrogen (secondary N) is 1. The first-order chi connectivity index (χ1) is 9.42. The molecule has 0 aromatic carbocycles. The average Bonchev–Trinajstić information content (AvgIpc) is 2.75. The van der Waals surface area contributed by atoms with Crippen LogP contribution in [-0.4, -0.2) is 26.7 Å². The smallest absolute Gasteiger partial charge is 0.330 e. The maximum absolute atomic E-state index is 11.7. The van der Waals surface area contributed by atoms with Crippen LogP contribution in [0.4, 0.5) is 0 Å². The van der Waals surface area contributed by atoms with Gasteiger partial charge in [-0.05, 0) is 13.8 Å². The number of nitrogens with zero attached hydrogens (tertiary/aromatic N) is 1. The Labute approximate surface area is 110 Å². The first kappa shape index (κ1) is 12.8. The summed E-state index contributed by atoms with van der Waals surface area (Å²) in [7, 11) is -3.15. The number of ether oxygens (including phenoxy) is 1. The molecule has 1 saturated heterocycles. The van der Waals surface area contributed by atoms with Gasteiger partial charge in [-0.15, -0.1) is 0 Å². The third-order valence-corrected chi connectivity index (χ3v) is 3.39. The second-order valence-electron chi connectivity index (χ2n) is 4.27. The van der Waals surface area contributed by atoms with Gasteiger partial charge in [-0.25, -0.2) is 4.79 Å². The summed E-state index contributed by atoms with van der Waals surface area (Å²) in [5.41, 5.74) is -0.767. The molecule has 2 N–H and O–H groups in total. The molecule has 1 aliphatic rings. The van der Waals surface area contributed by atoms with Gasteiger partial charge in [-0.2, -0.15) is 0 Å². The molecule has 0 spiro atoms. The molecule has 19 heavy (non-hydrogen) atoms. The lowest BCUT2D eigenvalue weighted by molar-refractivity contribution is -0.00697. The summed E-state index contributed by atoms with van der Waals surface area (Å²) < 4.78 is 29.6. The van der Waals surface area contributed by atoms with Gasteiger partial charge in [0.25, 0.3) is 5.56 Å². The fraction of sp³-hybridized carbons (Fsp3) is 0.600. The van der Waals surface area contributed by atoms with Gasteiger partial charge >= 0.3 is 13.9 Å². The largest absolute Gasteiger partial charge is 0.352 e. The molecule has 1 fully saturated rings. The van der Waals surface area contributed by atoms with E-state index >= 15 is 0 Å². The van der Waals surface area contributed by atoms with Crippen LogP contribution in [0.15, 0.2) is 15.8 Å². The molecule has 1 unspecified atom stereocenters. The first-order valence-corrected chi connectivity index (χ1v) is 6.85. The Hall–Kier alpha value is -1.21. The molecule has 0 bridgehead atoms. The van der Waals surface area contributed by atoms with E-state index in [2.05, 4.69) is 4.98 Å². The van der Waals surface area contributed by atoms with Gasteiger partial charge in [0.1, 0.15) is 6.23 Å². The molecule has 0 amide bonds. The number of aromatic amines is 1. The maximum Gasteiger partial charge on any atom is 0.330 e. The van der Waals surface area contributed by atoms with Gasteiger partial charge < -0.3 is 14.2 Å². The van der Waals surface area contributed by atoms with Crippen molar-refractivity contribution >= 4 is 8.25 Å². The first-order valence-electron chi connectivity index (χ1n) is 6.29. The van der Waals surface area contributed by atoms with E-state index in [1.807, 2.05) is 0 Å². The van der Waals surface area contributed by atoms with E-state index in [4.69, 9.17) is 15.5 Å². The fourth-order valence-corrected chi connectivity index (χ4v) is 2.44. The Kier molecular flexibility index (Phi) is 3.65. The standard InChI is InChI=1S/C10H15N2O6P/c1-5-4-12(10(14)11-9(5)13)8-3-7(6(2)17-8)18-19(15)16/h4,6-8,19H,3H2,1-2H3,(H,15,16)(H,11,13,14)/t6-,7-,8-/m1/s1/i2D. The SMILES string of the molecule is [2H]C[C@H]1O[C@@H](n2cc(C)c(=O)[nH]c2=O)C[C@H]1O[PH](=O)O. The van der Waals surface area contributed by atoms with Crippen molar-refractivity contribution in [1.82, 2.24) is 9.55 Å². The van der Waals surface area contributed by atoms with Crippen LogP contribution in [0.2, 0.25) is 0 Å². The summed E-state index contributed by atoms with van der Waals surface area (Å²) in [6.45, 7) is 1.39. The van der Waals surface area contributed by atoms with Gasteiger partial charge in [-0.3, -0.25) is 18.9 Å². The summed E-state index contributed by atoms with van der Waals surface area (Å²) in [6.07, 6.45) is -0.642. The minimum atomic E-state index is -3.15. The van der Waals surface area contributed by atoms with Crippen molar-refractivity contribution < 1.29 is 20.1 Å². The molecule has 1 aromatic heterocycles. The zero-order chi connectivity index (χ0) is 14.9. The van der Waals surface area contributed by atoms with Crippen LogP contribution in [0.25, 0.3) is 0 Å². The summed E-state index contributed by atoms with van der Waals surface area (Å²) >= 11 is 0. The predicted octanol–water partition coefficient (Wildman–Crippen LogP) is -0.0804. The van der Waals surface area contributed by atoms with Crippen molar-refractivity contribution in [1.29, 1.82) is 0 Å². The van der Waals surface area contributed by atoms with Gasteiger partial charge in [-0.1, -0.05) is 0 Å². The highest BCUT2D eigenvalue weighted by atomic mass is 31.1. The lowest BCUT2D eigenvalue weighted by atomic mass is 10.2. The lowest BCUT2D eigenvalue weighted by Gasteiger charge is -2.13. The van der Waals surface area contributed by atoms with E-state index in [1.54, 1.807) is 6.92 Å². The number of aryl methyl sites for hydroxylation is 1. The minimum Gasteiger partial charge on any atom is -0.352 e. The highest BCUT2D eigenvalue weighted by molar-refractivity contribution is 7.32. The quantitative estimate of drug-likeness (QED) is 0.754. The average molecular weight is 291 g/mol. The van der Waals surface area contributed by atoms with Crippen LogP contribution in [0.3, 0.4) is 0 Å². The predicted molar refractivity (Wildman–Crippen MR) is 66.4 cm³/mol. The number of H-pyrrole nitrogens is 1. The molecule has 0 radical (unpaired) electrons. The molecule has 0 saturated carbocycles. The Balaban J connectivity index is 2.27. The molecule has 2 heterocycles. The topological polar surface area (TPSA) is 111 Å². The van der Waals surface area contributed by atoms with E-state index in [-0.39, 0.29) is 13.3 Å². The van der Waals surface area contributed by atoms with Gasteiger partial charge in [0.05, 0.1) is 12.2 Å². The molecular formula is C10H15N2O6P. The summed E-state index contributed by atoms with van der Waals surface area (Å²) in [5.74, 6) is 0. The normalized spacial score (nSPS) is 29.2. The van der Waals surface area contributed by atoms with E-state index in [9.17, 15) is 14.2 Å². The third kappa shape index (κ3) is 3.03. The molecule has 1 aliphatic heterocycles. The van der Waals surface area contributed by atoms with Crippen LogP contribution >= 0.6 is 8.25 Å². The monoisotopic (exact) mass is 291 g/mol. The van der Waals surface area contributed by atoms with Crippen molar-refractivity contribution in [3.63, 3.8) is 0 Å². The van der Waals surface area contributed by atoms with Crippen LogP contribution in [0, 0.1) is 6.92 Å². The Bertz CT molecular complexity index is 629. The van der Waals surface area contributed by atoms with Crippen LogP contribution in [0.5, 0.6) is 0 Å². The van der Waals surface area contributed by atoms with Gasteiger partial charge in [0.15, 0.2) is 0 Å². The van der Waals surface area contributed by atoms with E-state index < -0.39 is 37.9 Å². The van der Waals surface area contributed by atoms with Crippen molar-refractivity contribution in [2.24, 2.45) is 0 Å². The van der Waals surface area contributed by atoms with Crippen LogP contribution < -0.4 is 11.2 Å². The highest BCUT2D eigenvalue weighted by Gasteiger charge is 2.35. The molecular weight excluding hydrogens is 275 g/mol. The summed E-state index contributed by atoms with van der Waals surface area (Å²) in [4.78, 5) is 34.0. The number of hydrogen-bond donors (Lipinski definition) is 2. The second-order valence-corrected chi connectivity index (χ2v) is 5.03. The van der Waals surface area contributed by atoms with E-state index in [0.717, 1.165) is 0 Å². The molecule has 8 nitrogen and oxygen atoms in total. The van der Waals surface area contributed by atoms with Crippen molar-refractivity contribution in [3.05, 3.63) is 32.6 Å². The maximum atomic E-state index is 11.7. The highest BCUT2D eigenvalue weighted by Crippen LogP contribution is 2.34. The van der Waals surface area contributed by atoms with Crippen LogP contribution in [0.1, 0.15) is 26.5 Å². The zero-order valence-corrected chi connectivity index (χ0v) is 11.2. The van der Waals surface area contributed by atoms with E-state index in [0.29, 0.717) is 5.56 Å². The second kappa shape index (κ2) is 5.42. The summed E-state index contributed by atoms with van der Waals surface area (Å²) in [6, 6.07) is 0. The van der Waals surface area contributed by atoms with E-state index in [1.165, 1.54) is 10.8 Å². The molecule has 2 rings (SSSR count). The number of aromatic nitrogens is 2. The van der Waals surface area contributed by atoms with Gasteiger partial charge in [0.2, 0.25) is 0 Å².